The summed E-state index contributed by atoms with van der Waals surface area (Å²) >= 11 is 0. The van der Waals surface area contributed by atoms with E-state index < -0.39 is 0 Å². The number of benzene rings is 2. The smallest absolute Gasteiger partial charge is 0.247 e. The Bertz CT molecular complexity index is 1330. The number of allylic oxidation sites excluding steroid dienone is 4. The second kappa shape index (κ2) is 12.8. The van der Waals surface area contributed by atoms with Crippen LogP contribution in [0.2, 0.25) is 0 Å². The zero-order valence-corrected chi connectivity index (χ0v) is 22.2. The van der Waals surface area contributed by atoms with Crippen molar-refractivity contribution in [3.05, 3.63) is 78.8 Å². The minimum atomic E-state index is -0.299. The van der Waals surface area contributed by atoms with Crippen LogP contribution in [0.1, 0.15) is 25.8 Å². The van der Waals surface area contributed by atoms with Crippen molar-refractivity contribution >= 4 is 45.4 Å². The first-order chi connectivity index (χ1) is 17.8. The summed E-state index contributed by atoms with van der Waals surface area (Å²) in [6.07, 6.45) is 6.84. The average molecular weight is 503 g/mol. The maximum Gasteiger partial charge on any atom is 0.247 e. The lowest BCUT2D eigenvalue weighted by Crippen LogP contribution is -2.29. The maximum atomic E-state index is 14.7. The third-order valence-electron chi connectivity index (χ3n) is 5.83. The lowest BCUT2D eigenvalue weighted by molar-refractivity contribution is -0.111. The molecule has 0 unspecified atom stereocenters. The molecule has 1 amide bonds. The molecule has 0 saturated carbocycles. The molecule has 0 saturated heterocycles. The van der Waals surface area contributed by atoms with Crippen LogP contribution in [-0.2, 0) is 4.79 Å². The lowest BCUT2D eigenvalue weighted by Gasteiger charge is -2.24. The minimum absolute atomic E-state index is 0.199. The number of nitrogens with zero attached hydrogens (tertiary/aromatic N) is 4. The van der Waals surface area contributed by atoms with Gasteiger partial charge in [-0.25, -0.2) is 14.4 Å². The van der Waals surface area contributed by atoms with Crippen molar-refractivity contribution in [3.63, 3.8) is 0 Å². The topological polar surface area (TPSA) is 73.4 Å². The number of hydrogen-bond acceptors (Lipinski definition) is 6. The van der Waals surface area contributed by atoms with E-state index in [-0.39, 0.29) is 11.7 Å². The number of amides is 1. The second-order valence-corrected chi connectivity index (χ2v) is 8.88. The average Bonchev–Trinajstić information content (AvgIpc) is 2.89. The quantitative estimate of drug-likeness (QED) is 0.242. The predicted octanol–water partition coefficient (Wildman–Crippen LogP) is 6.16. The molecule has 3 rings (SSSR count). The largest absolute Gasteiger partial charge is 0.372 e. The number of halogens is 1. The van der Waals surface area contributed by atoms with Crippen molar-refractivity contribution < 1.29 is 9.18 Å². The summed E-state index contributed by atoms with van der Waals surface area (Å²) in [6, 6.07) is 11.3. The number of hydrogen-bond donors (Lipinski definition) is 2. The molecule has 194 valence electrons. The molecular weight excluding hydrogens is 467 g/mol. The summed E-state index contributed by atoms with van der Waals surface area (Å²) < 4.78 is 14.7. The fourth-order valence-corrected chi connectivity index (χ4v) is 3.85. The monoisotopic (exact) mass is 502 g/mol. The van der Waals surface area contributed by atoms with Gasteiger partial charge < -0.3 is 20.4 Å². The van der Waals surface area contributed by atoms with Crippen LogP contribution in [0.4, 0.5) is 27.4 Å². The highest BCUT2D eigenvalue weighted by molar-refractivity contribution is 6.02. The summed E-state index contributed by atoms with van der Waals surface area (Å²) in [6.45, 7) is 8.85. The van der Waals surface area contributed by atoms with E-state index in [4.69, 9.17) is 4.98 Å². The van der Waals surface area contributed by atoms with Crippen LogP contribution in [0, 0.1) is 0 Å². The standard InChI is InChI=1S/C29H35FN6O/c1-7-11-22(24(30)8-2)23-13-10-12-20-19-31-29(34-28(20)23)32-21-14-15-26(36(6)17-16-35(4)5)25(18-21)33-27(37)9-3/h7,9-15,18-19H,3,8,16-17H2,1-2,4-6H3,(H,33,37)(H,31,32,34)/b11-7-,24-22-. The van der Waals surface area contributed by atoms with Crippen LogP contribution < -0.4 is 15.5 Å². The summed E-state index contributed by atoms with van der Waals surface area (Å²) in [5, 5.41) is 6.94. The van der Waals surface area contributed by atoms with Crippen LogP contribution in [0.25, 0.3) is 16.5 Å². The molecular formula is C29H35FN6O. The first-order valence-electron chi connectivity index (χ1n) is 12.2. The molecule has 0 spiro atoms. The lowest BCUT2D eigenvalue weighted by atomic mass is 10.0. The number of aromatic nitrogens is 2. The second-order valence-electron chi connectivity index (χ2n) is 8.88. The van der Waals surface area contributed by atoms with Gasteiger partial charge in [0.25, 0.3) is 0 Å². The van der Waals surface area contributed by atoms with Gasteiger partial charge in [-0.1, -0.05) is 43.9 Å². The van der Waals surface area contributed by atoms with Gasteiger partial charge in [0.15, 0.2) is 0 Å². The van der Waals surface area contributed by atoms with Crippen molar-refractivity contribution in [2.24, 2.45) is 0 Å². The molecule has 0 aliphatic rings. The van der Waals surface area contributed by atoms with Gasteiger partial charge in [-0.15, -0.1) is 0 Å². The fraction of sp³-hybridized carbons (Fsp3) is 0.276. The van der Waals surface area contributed by atoms with Crippen molar-refractivity contribution in [2.75, 3.05) is 49.8 Å². The minimum Gasteiger partial charge on any atom is -0.372 e. The van der Waals surface area contributed by atoms with E-state index in [1.54, 1.807) is 19.2 Å². The molecule has 0 atom stereocenters. The fourth-order valence-electron chi connectivity index (χ4n) is 3.85. The molecule has 2 N–H and O–H groups in total. The van der Waals surface area contributed by atoms with E-state index >= 15 is 0 Å². The number of carbonyl (C=O) groups excluding carboxylic acids is 1. The summed E-state index contributed by atoms with van der Waals surface area (Å²) in [4.78, 5) is 25.5. The molecule has 1 heterocycles. The zero-order chi connectivity index (χ0) is 26.9. The number of likely N-dealkylation sites (N-methyl/N-ethyl adjacent to an activating group) is 2. The molecule has 0 fully saturated rings. The third kappa shape index (κ3) is 7.01. The van der Waals surface area contributed by atoms with Gasteiger partial charge in [0, 0.05) is 48.5 Å². The van der Waals surface area contributed by atoms with E-state index in [9.17, 15) is 9.18 Å². The summed E-state index contributed by atoms with van der Waals surface area (Å²) in [5.41, 5.74) is 4.08. The Hall–Kier alpha value is -4.04. The van der Waals surface area contributed by atoms with Crippen molar-refractivity contribution in [2.45, 2.75) is 20.3 Å². The first-order valence-corrected chi connectivity index (χ1v) is 12.2. The van der Waals surface area contributed by atoms with E-state index in [1.165, 1.54) is 6.08 Å². The SMILES string of the molecule is C=CC(=O)Nc1cc(Nc2ncc3cccc(C(/C=C\C)=C(\F)CC)c3n2)ccc1N(C)CCN(C)C. The Morgan fingerprint density at radius 2 is 1.95 bits per heavy atom. The van der Waals surface area contributed by atoms with Gasteiger partial charge in [-0.3, -0.25) is 4.79 Å². The Labute approximate surface area is 218 Å². The Balaban J connectivity index is 2.00. The number of para-hydroxylation sites is 1. The molecule has 0 bridgehead atoms. The highest BCUT2D eigenvalue weighted by Gasteiger charge is 2.14. The Morgan fingerprint density at radius 1 is 1.16 bits per heavy atom. The van der Waals surface area contributed by atoms with E-state index in [0.717, 1.165) is 24.2 Å². The number of anilines is 4. The number of nitrogens with one attached hydrogen (secondary N) is 2. The third-order valence-corrected chi connectivity index (χ3v) is 5.83. The highest BCUT2D eigenvalue weighted by atomic mass is 19.1. The predicted molar refractivity (Wildman–Crippen MR) is 153 cm³/mol. The molecule has 7 nitrogen and oxygen atoms in total. The van der Waals surface area contributed by atoms with Gasteiger partial charge in [0.1, 0.15) is 5.83 Å². The van der Waals surface area contributed by atoms with Gasteiger partial charge in [0.2, 0.25) is 11.9 Å². The van der Waals surface area contributed by atoms with Crippen molar-refractivity contribution in [1.82, 2.24) is 14.9 Å². The van der Waals surface area contributed by atoms with Crippen molar-refractivity contribution in [1.29, 1.82) is 0 Å². The van der Waals surface area contributed by atoms with Gasteiger partial charge in [0.05, 0.1) is 16.9 Å². The van der Waals surface area contributed by atoms with Gasteiger partial charge >= 0.3 is 0 Å². The number of rotatable bonds is 11. The first kappa shape index (κ1) is 27.5. The molecule has 8 heteroatoms. The normalized spacial score (nSPS) is 12.1. The molecule has 37 heavy (non-hydrogen) atoms. The molecule has 3 aromatic rings. The van der Waals surface area contributed by atoms with Crippen LogP contribution in [0.5, 0.6) is 0 Å². The van der Waals surface area contributed by atoms with Crippen LogP contribution in [-0.4, -0.2) is 55.0 Å². The van der Waals surface area contributed by atoms with Gasteiger partial charge in [-0.05, 0) is 51.7 Å². The van der Waals surface area contributed by atoms with Gasteiger partial charge in [-0.2, -0.15) is 0 Å². The van der Waals surface area contributed by atoms with Crippen LogP contribution in [0.3, 0.4) is 0 Å². The summed E-state index contributed by atoms with van der Waals surface area (Å²) in [5.74, 6) is -0.131. The molecule has 2 aromatic carbocycles. The zero-order valence-electron chi connectivity index (χ0n) is 22.2. The van der Waals surface area contributed by atoms with E-state index in [0.29, 0.717) is 40.4 Å². The summed E-state index contributed by atoms with van der Waals surface area (Å²) in [7, 11) is 6.02. The molecule has 0 radical (unpaired) electrons. The molecule has 0 aliphatic carbocycles. The van der Waals surface area contributed by atoms with Crippen LogP contribution in [0.15, 0.2) is 73.2 Å². The van der Waals surface area contributed by atoms with E-state index in [1.807, 2.05) is 70.5 Å². The Morgan fingerprint density at radius 3 is 2.62 bits per heavy atom. The molecule has 0 aliphatic heterocycles. The van der Waals surface area contributed by atoms with Crippen LogP contribution >= 0.6 is 0 Å². The number of fused-ring (bicyclic) bond motifs is 1. The highest BCUT2D eigenvalue weighted by Crippen LogP contribution is 2.32. The van der Waals surface area contributed by atoms with E-state index in [2.05, 4.69) is 32.0 Å². The Kier molecular flexibility index (Phi) is 9.51. The van der Waals surface area contributed by atoms with Crippen molar-refractivity contribution in [3.8, 4) is 0 Å². The maximum absolute atomic E-state index is 14.7. The number of carbonyl (C=O) groups is 1. The molecule has 1 aromatic heterocycles.